The molecule has 1 aromatic rings. The molecule has 0 fully saturated rings. The highest BCUT2D eigenvalue weighted by molar-refractivity contribution is 6.35. The maximum atomic E-state index is 9.79. The third-order valence-corrected chi connectivity index (χ3v) is 3.28. The minimum atomic E-state index is 0.0892. The lowest BCUT2D eigenvalue weighted by atomic mass is 10.2. The largest absolute Gasteiger partial charge is 0.506 e. The molecule has 1 rings (SSSR count). The number of nitrogens with zero attached hydrogens (tertiary/aromatic N) is 1. The topological polar surface area (TPSA) is 44.7 Å². The number of hydrogen-bond acceptors (Lipinski definition) is 4. The standard InChI is InChI=1S/C13H20Cl2N2O2/c1-17(5-6-19-2)4-3-16-9-10-7-11(14)8-12(15)13(10)18/h7-8,16,18H,3-6,9H2,1-2H3. The van der Waals surface area contributed by atoms with Gasteiger partial charge < -0.3 is 20.1 Å². The van der Waals surface area contributed by atoms with E-state index in [9.17, 15) is 5.11 Å². The van der Waals surface area contributed by atoms with E-state index in [0.29, 0.717) is 17.1 Å². The monoisotopic (exact) mass is 306 g/mol. The lowest BCUT2D eigenvalue weighted by Gasteiger charge is -2.16. The van der Waals surface area contributed by atoms with E-state index in [2.05, 4.69) is 10.2 Å². The van der Waals surface area contributed by atoms with Gasteiger partial charge in [-0.05, 0) is 19.2 Å². The quantitative estimate of drug-likeness (QED) is 0.724. The van der Waals surface area contributed by atoms with E-state index in [0.717, 1.165) is 26.2 Å². The molecule has 0 atom stereocenters. The Hall–Kier alpha value is -0.520. The van der Waals surface area contributed by atoms with E-state index in [1.54, 1.807) is 13.2 Å². The molecule has 0 spiro atoms. The Morgan fingerprint density at radius 2 is 2.05 bits per heavy atom. The van der Waals surface area contributed by atoms with Crippen molar-refractivity contribution in [1.82, 2.24) is 10.2 Å². The highest BCUT2D eigenvalue weighted by Gasteiger charge is 2.07. The van der Waals surface area contributed by atoms with Crippen molar-refractivity contribution in [1.29, 1.82) is 0 Å². The second-order valence-corrected chi connectivity index (χ2v) is 5.21. The molecule has 0 heterocycles. The van der Waals surface area contributed by atoms with Gasteiger partial charge in [-0.25, -0.2) is 0 Å². The molecule has 2 N–H and O–H groups in total. The summed E-state index contributed by atoms with van der Waals surface area (Å²) in [7, 11) is 3.73. The molecule has 0 saturated heterocycles. The molecule has 6 heteroatoms. The Morgan fingerprint density at radius 1 is 1.32 bits per heavy atom. The molecule has 0 aliphatic heterocycles. The number of methoxy groups -OCH3 is 1. The van der Waals surface area contributed by atoms with Gasteiger partial charge in [0.05, 0.1) is 11.6 Å². The summed E-state index contributed by atoms with van der Waals surface area (Å²) in [6.45, 7) is 3.86. The number of halogens is 2. The third-order valence-electron chi connectivity index (χ3n) is 2.77. The zero-order valence-electron chi connectivity index (χ0n) is 11.2. The zero-order chi connectivity index (χ0) is 14.3. The number of likely N-dealkylation sites (N-methyl/N-ethyl adjacent to an activating group) is 1. The Balaban J connectivity index is 2.33. The van der Waals surface area contributed by atoms with Crippen LogP contribution >= 0.6 is 23.2 Å². The first-order valence-corrected chi connectivity index (χ1v) is 6.85. The van der Waals surface area contributed by atoms with Crippen LogP contribution in [0.5, 0.6) is 5.75 Å². The van der Waals surface area contributed by atoms with Crippen LogP contribution < -0.4 is 5.32 Å². The molecule has 0 bridgehead atoms. The molecule has 0 amide bonds. The fourth-order valence-electron chi connectivity index (χ4n) is 1.61. The smallest absolute Gasteiger partial charge is 0.138 e. The van der Waals surface area contributed by atoms with E-state index < -0.39 is 0 Å². The van der Waals surface area contributed by atoms with Crippen LogP contribution in [0.2, 0.25) is 10.0 Å². The number of phenols is 1. The Kier molecular flexibility index (Phi) is 7.49. The Morgan fingerprint density at radius 3 is 2.74 bits per heavy atom. The fourth-order valence-corrected chi connectivity index (χ4v) is 2.14. The lowest BCUT2D eigenvalue weighted by Crippen LogP contribution is -2.31. The van der Waals surface area contributed by atoms with Gasteiger partial charge in [-0.1, -0.05) is 23.2 Å². The fraction of sp³-hybridized carbons (Fsp3) is 0.538. The molecule has 4 nitrogen and oxygen atoms in total. The number of nitrogens with one attached hydrogen (secondary N) is 1. The number of hydrogen-bond donors (Lipinski definition) is 2. The van der Waals surface area contributed by atoms with Crippen molar-refractivity contribution in [2.24, 2.45) is 0 Å². The van der Waals surface area contributed by atoms with Gasteiger partial charge in [-0.15, -0.1) is 0 Å². The number of benzene rings is 1. The maximum absolute atomic E-state index is 9.79. The van der Waals surface area contributed by atoms with Gasteiger partial charge in [0.1, 0.15) is 5.75 Å². The number of phenolic OH excluding ortho intramolecular Hbond substituents is 1. The average Bonchev–Trinajstić information content (AvgIpc) is 2.37. The first-order chi connectivity index (χ1) is 9.04. The summed E-state index contributed by atoms with van der Waals surface area (Å²) < 4.78 is 5.01. The third kappa shape index (κ3) is 5.97. The van der Waals surface area contributed by atoms with Crippen LogP contribution in [0.15, 0.2) is 12.1 Å². The van der Waals surface area contributed by atoms with Gasteiger partial charge in [-0.3, -0.25) is 0 Å². The van der Waals surface area contributed by atoms with Gasteiger partial charge in [0.2, 0.25) is 0 Å². The van der Waals surface area contributed by atoms with Crippen LogP contribution in [0.1, 0.15) is 5.56 Å². The van der Waals surface area contributed by atoms with E-state index in [1.807, 2.05) is 7.05 Å². The van der Waals surface area contributed by atoms with Gasteiger partial charge in [-0.2, -0.15) is 0 Å². The van der Waals surface area contributed by atoms with Crippen molar-refractivity contribution in [3.05, 3.63) is 27.7 Å². The van der Waals surface area contributed by atoms with E-state index >= 15 is 0 Å². The molecular formula is C13H20Cl2N2O2. The van der Waals surface area contributed by atoms with Crippen molar-refractivity contribution in [3.63, 3.8) is 0 Å². The normalized spacial score (nSPS) is 11.2. The number of ether oxygens (including phenoxy) is 1. The van der Waals surface area contributed by atoms with Crippen LogP contribution in [-0.4, -0.2) is 50.4 Å². The molecule has 0 aliphatic rings. The van der Waals surface area contributed by atoms with Gasteiger partial charge >= 0.3 is 0 Å². The van der Waals surface area contributed by atoms with Crippen LogP contribution in [0.3, 0.4) is 0 Å². The number of rotatable bonds is 8. The highest BCUT2D eigenvalue weighted by Crippen LogP contribution is 2.30. The molecule has 0 aromatic heterocycles. The van der Waals surface area contributed by atoms with E-state index in [1.165, 1.54) is 6.07 Å². The summed E-state index contributed by atoms with van der Waals surface area (Å²) in [4.78, 5) is 2.17. The molecule has 19 heavy (non-hydrogen) atoms. The average molecular weight is 307 g/mol. The summed E-state index contributed by atoms with van der Waals surface area (Å²) >= 11 is 11.8. The minimum absolute atomic E-state index is 0.0892. The van der Waals surface area contributed by atoms with Crippen molar-refractivity contribution in [2.75, 3.05) is 40.4 Å². The van der Waals surface area contributed by atoms with Crippen molar-refractivity contribution >= 4 is 23.2 Å². The van der Waals surface area contributed by atoms with Crippen LogP contribution in [0.25, 0.3) is 0 Å². The summed E-state index contributed by atoms with van der Waals surface area (Å²) in [5.74, 6) is 0.0892. The van der Waals surface area contributed by atoms with E-state index in [-0.39, 0.29) is 10.8 Å². The molecule has 0 unspecified atom stereocenters. The molecular weight excluding hydrogens is 287 g/mol. The minimum Gasteiger partial charge on any atom is -0.506 e. The van der Waals surface area contributed by atoms with E-state index in [4.69, 9.17) is 27.9 Å². The van der Waals surface area contributed by atoms with Gasteiger partial charge in [0.25, 0.3) is 0 Å². The summed E-state index contributed by atoms with van der Waals surface area (Å²) in [6.07, 6.45) is 0. The molecule has 1 aromatic carbocycles. The number of aromatic hydroxyl groups is 1. The van der Waals surface area contributed by atoms with Crippen molar-refractivity contribution < 1.29 is 9.84 Å². The summed E-state index contributed by atoms with van der Waals surface area (Å²) in [5.41, 5.74) is 0.706. The molecule has 0 radical (unpaired) electrons. The Labute approximate surface area is 124 Å². The first-order valence-electron chi connectivity index (χ1n) is 6.09. The summed E-state index contributed by atoms with van der Waals surface area (Å²) in [6, 6.07) is 3.24. The molecule has 108 valence electrons. The van der Waals surface area contributed by atoms with Crippen molar-refractivity contribution in [2.45, 2.75) is 6.54 Å². The van der Waals surface area contributed by atoms with Crippen LogP contribution in [0, 0.1) is 0 Å². The van der Waals surface area contributed by atoms with Gasteiger partial charge in [0.15, 0.2) is 0 Å². The second-order valence-electron chi connectivity index (χ2n) is 4.37. The predicted molar refractivity (Wildman–Crippen MR) is 79.2 cm³/mol. The zero-order valence-corrected chi connectivity index (χ0v) is 12.8. The molecule has 0 saturated carbocycles. The highest BCUT2D eigenvalue weighted by atomic mass is 35.5. The van der Waals surface area contributed by atoms with Crippen molar-refractivity contribution in [3.8, 4) is 5.75 Å². The van der Waals surface area contributed by atoms with Crippen LogP contribution in [-0.2, 0) is 11.3 Å². The lowest BCUT2D eigenvalue weighted by molar-refractivity contribution is 0.161. The van der Waals surface area contributed by atoms with Gasteiger partial charge in [0, 0.05) is 43.9 Å². The first kappa shape index (κ1) is 16.5. The summed E-state index contributed by atoms with van der Waals surface area (Å²) in [5, 5.41) is 13.8. The maximum Gasteiger partial charge on any atom is 0.138 e. The molecule has 0 aliphatic carbocycles. The SMILES string of the molecule is COCCN(C)CCNCc1cc(Cl)cc(Cl)c1O. The van der Waals surface area contributed by atoms with Crippen LogP contribution in [0.4, 0.5) is 0 Å². The second kappa shape index (κ2) is 8.61. The Bertz CT molecular complexity index is 402. The predicted octanol–water partition coefficient (Wildman–Crippen LogP) is 2.37.